The number of hydrogen-bond donors (Lipinski definition) is 0. The Bertz CT molecular complexity index is 718. The smallest absolute Gasteiger partial charge is 0.129 e. The van der Waals surface area contributed by atoms with E-state index in [1.165, 1.54) is 38.2 Å². The van der Waals surface area contributed by atoms with E-state index in [0.717, 1.165) is 32.5 Å². The summed E-state index contributed by atoms with van der Waals surface area (Å²) in [4.78, 5) is 13.7. The molecule has 0 bridgehead atoms. The van der Waals surface area contributed by atoms with Crippen LogP contribution in [0.15, 0.2) is 60.7 Å². The quantitative estimate of drug-likeness (QED) is 0.443. The van der Waals surface area contributed by atoms with Crippen molar-refractivity contribution in [1.29, 1.82) is 0 Å². The number of carbonyl (C=O) groups is 1. The molecule has 0 N–H and O–H groups in total. The molecular weight excluding hydrogens is 377 g/mol. The molecule has 0 spiro atoms. The van der Waals surface area contributed by atoms with Crippen LogP contribution in [0.5, 0.6) is 0 Å². The Labute approximate surface area is 194 Å². The van der Waals surface area contributed by atoms with Crippen molar-refractivity contribution in [3.63, 3.8) is 0 Å². The molecule has 3 rings (SSSR count). The number of benzene rings is 2. The van der Waals surface area contributed by atoms with Crippen molar-refractivity contribution >= 4 is 13.6 Å². The third kappa shape index (κ3) is 7.65. The topological polar surface area (TPSA) is 20.3 Å². The van der Waals surface area contributed by atoms with Gasteiger partial charge in [0.15, 0.2) is 0 Å². The molecule has 2 aromatic carbocycles. The van der Waals surface area contributed by atoms with Gasteiger partial charge < -0.3 is 9.69 Å². The third-order valence-corrected chi connectivity index (χ3v) is 6.67. The van der Waals surface area contributed by atoms with Crippen molar-refractivity contribution in [2.45, 2.75) is 72.5 Å². The van der Waals surface area contributed by atoms with E-state index >= 15 is 0 Å². The molecule has 0 atom stereocenters. The van der Waals surface area contributed by atoms with Gasteiger partial charge in [-0.2, -0.15) is 0 Å². The molecule has 0 amide bonds. The molecule has 1 saturated heterocycles. The Morgan fingerprint density at radius 1 is 1.03 bits per heavy atom. The van der Waals surface area contributed by atoms with Gasteiger partial charge in [-0.05, 0) is 68.8 Å². The summed E-state index contributed by atoms with van der Waals surface area (Å²) in [7, 11) is 5.75. The van der Waals surface area contributed by atoms with Crippen LogP contribution in [-0.2, 0) is 10.2 Å². The standard InChI is InChI=1S/C26H35NO.CH3B.CH4/c1-22(28)11-10-18-27-19-16-25(2,17-20-27)21-26(3,23-12-6-4-7-13-23)24-14-8-5-9-15-24;1-2;/h4-9,12-15H,10-11,16-21H2,1-3H3;1H3;1H4/i;;1D. The minimum Gasteiger partial charge on any atom is -0.303 e. The lowest BCUT2D eigenvalue weighted by atomic mass is 9.63. The molecule has 0 unspecified atom stereocenters. The summed E-state index contributed by atoms with van der Waals surface area (Å²) in [6.45, 7) is 11.4. The Balaban J connectivity index is 0.00000121. The number of nitrogens with zero attached hydrogens (tertiary/aromatic N) is 1. The maximum absolute atomic E-state index is 11.2. The summed E-state index contributed by atoms with van der Waals surface area (Å²) in [6, 6.07) is 22.0. The first-order valence-corrected chi connectivity index (χ1v) is 11.3. The maximum atomic E-state index is 11.2. The highest BCUT2D eigenvalue weighted by Crippen LogP contribution is 2.46. The fourth-order valence-corrected chi connectivity index (χ4v) is 4.88. The molecule has 1 heterocycles. The summed E-state index contributed by atoms with van der Waals surface area (Å²) in [5, 5.41) is 0. The molecule has 0 aromatic heterocycles. The molecule has 0 saturated carbocycles. The summed E-state index contributed by atoms with van der Waals surface area (Å²) in [5.74, 6) is 0.309. The van der Waals surface area contributed by atoms with Gasteiger partial charge in [-0.15, -0.1) is 0 Å². The van der Waals surface area contributed by atoms with Gasteiger partial charge in [0.05, 0.1) is 7.85 Å². The fourth-order valence-electron chi connectivity index (χ4n) is 4.88. The molecule has 31 heavy (non-hydrogen) atoms. The van der Waals surface area contributed by atoms with Crippen LogP contribution in [0.1, 0.15) is 72.8 Å². The number of piperidine rings is 1. The van der Waals surface area contributed by atoms with Crippen LogP contribution in [0.4, 0.5) is 0 Å². The first-order chi connectivity index (χ1) is 15.4. The highest BCUT2D eigenvalue weighted by atomic mass is 16.1. The van der Waals surface area contributed by atoms with Gasteiger partial charge in [0.25, 0.3) is 0 Å². The SMILES string of the molecule is CC(=O)CCCN1CCC(C)(CC(C)(c2ccccc2)c2ccccc2)CC1.[2H]C.[B]C. The Morgan fingerprint density at radius 3 is 1.90 bits per heavy atom. The summed E-state index contributed by atoms with van der Waals surface area (Å²) < 4.78 is 5.75. The van der Waals surface area contributed by atoms with E-state index in [1.54, 1.807) is 6.92 Å². The highest BCUT2D eigenvalue weighted by molar-refractivity contribution is 6.05. The lowest BCUT2D eigenvalue weighted by molar-refractivity contribution is -0.117. The van der Waals surface area contributed by atoms with Gasteiger partial charge in [0.2, 0.25) is 0 Å². The zero-order chi connectivity index (χ0) is 24.0. The van der Waals surface area contributed by atoms with Crippen LogP contribution in [-0.4, -0.2) is 38.2 Å². The van der Waals surface area contributed by atoms with Crippen LogP contribution in [0.25, 0.3) is 0 Å². The second-order valence-electron chi connectivity index (χ2n) is 9.20. The van der Waals surface area contributed by atoms with E-state index in [0.29, 0.717) is 17.6 Å². The van der Waals surface area contributed by atoms with Crippen LogP contribution in [0, 0.1) is 5.41 Å². The van der Waals surface area contributed by atoms with E-state index in [-0.39, 0.29) is 5.41 Å². The first-order valence-electron chi connectivity index (χ1n) is 12.3. The average Bonchev–Trinajstić information content (AvgIpc) is 2.84. The molecule has 2 aromatic rings. The lowest BCUT2D eigenvalue weighted by Crippen LogP contribution is -2.42. The fraction of sp³-hybridized carbons (Fsp3) is 0.536. The van der Waals surface area contributed by atoms with Gasteiger partial charge in [0, 0.05) is 13.2 Å². The predicted octanol–water partition coefficient (Wildman–Crippen LogP) is 6.69. The number of ketones is 1. The van der Waals surface area contributed by atoms with E-state index in [2.05, 4.69) is 87.3 Å². The Morgan fingerprint density at radius 2 is 1.48 bits per heavy atom. The van der Waals surface area contributed by atoms with E-state index < -0.39 is 0 Å². The second kappa shape index (κ2) is 12.9. The molecule has 0 aliphatic carbocycles. The highest BCUT2D eigenvalue weighted by Gasteiger charge is 2.39. The molecule has 1 aliphatic rings. The second-order valence-corrected chi connectivity index (χ2v) is 9.20. The van der Waals surface area contributed by atoms with Gasteiger partial charge in [-0.3, -0.25) is 0 Å². The molecule has 2 radical (unpaired) electrons. The number of likely N-dealkylation sites (tertiary alicyclic amines) is 1. The minimum atomic E-state index is 0.0219. The number of hydrogen-bond acceptors (Lipinski definition) is 2. The van der Waals surface area contributed by atoms with Gasteiger partial charge in [0.1, 0.15) is 5.78 Å². The maximum Gasteiger partial charge on any atom is 0.129 e. The summed E-state index contributed by atoms with van der Waals surface area (Å²) in [6.07, 6.45) is 5.33. The van der Waals surface area contributed by atoms with Crippen LogP contribution in [0.2, 0.25) is 6.82 Å². The zero-order valence-electron chi connectivity index (χ0n) is 21.4. The van der Waals surface area contributed by atoms with Gasteiger partial charge >= 0.3 is 0 Å². The van der Waals surface area contributed by atoms with Crippen molar-refractivity contribution in [3.05, 3.63) is 71.8 Å². The zero-order valence-corrected chi connectivity index (χ0v) is 20.4. The van der Waals surface area contributed by atoms with E-state index in [9.17, 15) is 4.79 Å². The lowest BCUT2D eigenvalue weighted by Gasteiger charge is -2.45. The molecule has 3 heteroatoms. The molecule has 2 nitrogen and oxygen atoms in total. The Kier molecular flexibility index (Phi) is 10.5. The van der Waals surface area contributed by atoms with Crippen LogP contribution >= 0.6 is 0 Å². The first kappa shape index (κ1) is 25.4. The number of Topliss-reactive ketones (excluding diaryl/α,β-unsaturated/α-hetero) is 1. The number of rotatable bonds is 8. The predicted molar refractivity (Wildman–Crippen MR) is 136 cm³/mol. The van der Waals surface area contributed by atoms with Gasteiger partial charge in [-0.1, -0.05) is 88.7 Å². The van der Waals surface area contributed by atoms with E-state index in [1.807, 2.05) is 0 Å². The summed E-state index contributed by atoms with van der Waals surface area (Å²) >= 11 is 0. The molecular formula is C28H42BNO. The van der Waals surface area contributed by atoms with Crippen LogP contribution < -0.4 is 0 Å². The van der Waals surface area contributed by atoms with Crippen molar-refractivity contribution < 1.29 is 6.17 Å². The van der Waals surface area contributed by atoms with Crippen molar-refractivity contribution in [2.75, 3.05) is 19.6 Å². The van der Waals surface area contributed by atoms with Crippen molar-refractivity contribution in [2.24, 2.45) is 5.41 Å². The van der Waals surface area contributed by atoms with E-state index in [4.69, 9.17) is 1.37 Å². The molecule has 168 valence electrons. The van der Waals surface area contributed by atoms with Crippen molar-refractivity contribution in [1.82, 2.24) is 4.90 Å². The number of carbonyl (C=O) groups excluding carboxylic acids is 1. The van der Waals surface area contributed by atoms with Gasteiger partial charge in [-0.25, -0.2) is 0 Å². The summed E-state index contributed by atoms with van der Waals surface area (Å²) in [5.41, 5.74) is 3.17. The average molecular weight is 420 g/mol. The van der Waals surface area contributed by atoms with Crippen molar-refractivity contribution in [3.8, 4) is 0 Å². The normalized spacial score (nSPS) is 16.1. The van der Waals surface area contributed by atoms with Crippen LogP contribution in [0.3, 0.4) is 0 Å². The largest absolute Gasteiger partial charge is 0.303 e. The molecule has 1 fully saturated rings. The Hall–Kier alpha value is -1.87. The monoisotopic (exact) mass is 420 g/mol. The third-order valence-electron chi connectivity index (χ3n) is 6.67. The minimum absolute atomic E-state index is 0.0219. The molecule has 1 aliphatic heterocycles.